The molecule has 3 rings (SSSR count). The fourth-order valence-corrected chi connectivity index (χ4v) is 4.01. The fourth-order valence-electron chi connectivity index (χ4n) is 2.95. The molecule has 30 heavy (non-hydrogen) atoms. The predicted molar refractivity (Wildman–Crippen MR) is 125 cm³/mol. The first-order chi connectivity index (χ1) is 14.1. The van der Waals surface area contributed by atoms with Gasteiger partial charge in [0, 0.05) is 42.6 Å². The Kier molecular flexibility index (Phi) is 6.94. The van der Waals surface area contributed by atoms with Crippen LogP contribution in [0, 0.1) is 13.8 Å². The molecule has 0 aliphatic heterocycles. The molecule has 0 spiro atoms. The molecule has 3 aromatic rings. The average Bonchev–Trinajstić information content (AvgIpc) is 2.61. The number of rotatable bonds is 4. The SMILES string of the molecule is Cc1cc(C(=O)Nc2cc(Cl)cc(Cl)c2)c(C)cc1C(=O)Nc1cc(Cl)cc(Cl)c1. The number of anilines is 2. The molecule has 0 saturated carbocycles. The van der Waals surface area contributed by atoms with Gasteiger partial charge >= 0.3 is 0 Å². The first kappa shape index (κ1) is 22.4. The van der Waals surface area contributed by atoms with E-state index in [0.29, 0.717) is 53.7 Å². The van der Waals surface area contributed by atoms with E-state index in [1.807, 2.05) is 0 Å². The van der Waals surface area contributed by atoms with E-state index < -0.39 is 0 Å². The first-order valence-electron chi connectivity index (χ1n) is 8.78. The highest BCUT2D eigenvalue weighted by atomic mass is 35.5. The van der Waals surface area contributed by atoms with Crippen molar-refractivity contribution in [2.45, 2.75) is 13.8 Å². The van der Waals surface area contributed by atoms with Crippen molar-refractivity contribution in [1.29, 1.82) is 0 Å². The van der Waals surface area contributed by atoms with Crippen LogP contribution >= 0.6 is 46.4 Å². The second-order valence-electron chi connectivity index (χ2n) is 6.71. The molecule has 0 heterocycles. The Morgan fingerprint density at radius 3 is 1.17 bits per heavy atom. The molecule has 0 bridgehead atoms. The van der Waals surface area contributed by atoms with Crippen molar-refractivity contribution in [1.82, 2.24) is 0 Å². The van der Waals surface area contributed by atoms with Crippen molar-refractivity contribution in [3.8, 4) is 0 Å². The minimum absolute atomic E-state index is 0.331. The standard InChI is InChI=1S/C22H16Cl4N2O2/c1-11-3-20(22(30)28-18-9-15(25)6-16(26)10-18)12(2)4-19(11)21(29)27-17-7-13(23)5-14(24)8-17/h3-10H,1-2H3,(H,27,29)(H,28,30). The van der Waals surface area contributed by atoms with Crippen LogP contribution in [0.5, 0.6) is 0 Å². The van der Waals surface area contributed by atoms with Gasteiger partial charge in [-0.1, -0.05) is 46.4 Å². The van der Waals surface area contributed by atoms with Crippen molar-refractivity contribution in [3.63, 3.8) is 0 Å². The summed E-state index contributed by atoms with van der Waals surface area (Å²) < 4.78 is 0. The van der Waals surface area contributed by atoms with Crippen molar-refractivity contribution in [2.75, 3.05) is 10.6 Å². The molecule has 0 atom stereocenters. The Labute approximate surface area is 194 Å². The highest BCUT2D eigenvalue weighted by Gasteiger charge is 2.17. The van der Waals surface area contributed by atoms with Crippen LogP contribution < -0.4 is 10.6 Å². The molecule has 0 aliphatic rings. The number of nitrogens with one attached hydrogen (secondary N) is 2. The third kappa shape index (κ3) is 5.46. The number of amides is 2. The maximum atomic E-state index is 12.7. The van der Waals surface area contributed by atoms with Gasteiger partial charge < -0.3 is 10.6 Å². The van der Waals surface area contributed by atoms with Crippen LogP contribution in [-0.4, -0.2) is 11.8 Å². The number of halogens is 4. The van der Waals surface area contributed by atoms with Crippen LogP contribution in [0.15, 0.2) is 48.5 Å². The van der Waals surface area contributed by atoms with Gasteiger partial charge in [0.2, 0.25) is 0 Å². The summed E-state index contributed by atoms with van der Waals surface area (Å²) in [5.74, 6) is -0.662. The molecule has 2 amide bonds. The third-order valence-corrected chi connectivity index (χ3v) is 5.17. The molecule has 2 N–H and O–H groups in total. The molecule has 0 unspecified atom stereocenters. The van der Waals surface area contributed by atoms with Crippen molar-refractivity contribution in [3.05, 3.63) is 90.9 Å². The molecule has 0 aliphatic carbocycles. The number of benzene rings is 3. The second-order valence-corrected chi connectivity index (χ2v) is 8.45. The number of carbonyl (C=O) groups is 2. The minimum atomic E-state index is -0.331. The van der Waals surface area contributed by atoms with Crippen LogP contribution in [0.4, 0.5) is 11.4 Å². The van der Waals surface area contributed by atoms with Gasteiger partial charge in [-0.05, 0) is 73.5 Å². The van der Waals surface area contributed by atoms with Crippen LogP contribution in [-0.2, 0) is 0 Å². The molecular weight excluding hydrogens is 466 g/mol. The second kappa shape index (κ2) is 9.27. The van der Waals surface area contributed by atoms with Gasteiger partial charge in [0.1, 0.15) is 0 Å². The van der Waals surface area contributed by atoms with Gasteiger partial charge in [0.05, 0.1) is 0 Å². The van der Waals surface area contributed by atoms with Crippen LogP contribution in [0.1, 0.15) is 31.8 Å². The predicted octanol–water partition coefficient (Wildman–Crippen LogP) is 7.42. The van der Waals surface area contributed by atoms with Gasteiger partial charge in [-0.15, -0.1) is 0 Å². The normalized spacial score (nSPS) is 10.6. The Morgan fingerprint density at radius 2 is 0.867 bits per heavy atom. The zero-order valence-corrected chi connectivity index (χ0v) is 19.0. The summed E-state index contributed by atoms with van der Waals surface area (Å²) in [6.45, 7) is 3.51. The zero-order valence-electron chi connectivity index (χ0n) is 15.9. The van der Waals surface area contributed by atoms with E-state index in [-0.39, 0.29) is 11.8 Å². The highest BCUT2D eigenvalue weighted by Crippen LogP contribution is 2.26. The summed E-state index contributed by atoms with van der Waals surface area (Å²) in [5.41, 5.74) is 3.11. The molecule has 0 saturated heterocycles. The van der Waals surface area contributed by atoms with E-state index in [2.05, 4.69) is 10.6 Å². The molecule has 154 valence electrons. The molecule has 3 aromatic carbocycles. The lowest BCUT2D eigenvalue weighted by Gasteiger charge is -2.13. The number of carbonyl (C=O) groups excluding carboxylic acids is 2. The molecule has 0 aromatic heterocycles. The maximum absolute atomic E-state index is 12.7. The Hall–Kier alpha value is -2.24. The largest absolute Gasteiger partial charge is 0.322 e. The summed E-state index contributed by atoms with van der Waals surface area (Å²) in [7, 11) is 0. The van der Waals surface area contributed by atoms with E-state index in [1.165, 1.54) is 0 Å². The molecule has 0 fully saturated rings. The molecule has 4 nitrogen and oxygen atoms in total. The number of hydrogen-bond acceptors (Lipinski definition) is 2. The zero-order chi connectivity index (χ0) is 22.0. The Bertz CT molecular complexity index is 1030. The quantitative estimate of drug-likeness (QED) is 0.407. The third-order valence-electron chi connectivity index (χ3n) is 4.30. The van der Waals surface area contributed by atoms with Crippen LogP contribution in [0.3, 0.4) is 0 Å². The number of hydrogen-bond donors (Lipinski definition) is 2. The van der Waals surface area contributed by atoms with E-state index >= 15 is 0 Å². The van der Waals surface area contributed by atoms with E-state index in [0.717, 1.165) is 0 Å². The van der Waals surface area contributed by atoms with Crippen LogP contribution in [0.25, 0.3) is 0 Å². The monoisotopic (exact) mass is 480 g/mol. The lowest BCUT2D eigenvalue weighted by atomic mass is 9.98. The van der Waals surface area contributed by atoms with Crippen molar-refractivity contribution >= 4 is 69.6 Å². The summed E-state index contributed by atoms with van der Waals surface area (Å²) in [6.07, 6.45) is 0. The summed E-state index contributed by atoms with van der Waals surface area (Å²) in [5, 5.41) is 7.20. The van der Waals surface area contributed by atoms with E-state index in [1.54, 1.807) is 62.4 Å². The van der Waals surface area contributed by atoms with E-state index in [9.17, 15) is 9.59 Å². The molecule has 8 heteroatoms. The van der Waals surface area contributed by atoms with E-state index in [4.69, 9.17) is 46.4 Å². The van der Waals surface area contributed by atoms with Gasteiger partial charge in [-0.2, -0.15) is 0 Å². The average molecular weight is 482 g/mol. The Balaban J connectivity index is 1.83. The minimum Gasteiger partial charge on any atom is -0.322 e. The lowest BCUT2D eigenvalue weighted by Crippen LogP contribution is -2.17. The van der Waals surface area contributed by atoms with Crippen molar-refractivity contribution < 1.29 is 9.59 Å². The first-order valence-corrected chi connectivity index (χ1v) is 10.3. The molecular formula is C22H16Cl4N2O2. The van der Waals surface area contributed by atoms with Gasteiger partial charge in [0.15, 0.2) is 0 Å². The van der Waals surface area contributed by atoms with Crippen molar-refractivity contribution in [2.24, 2.45) is 0 Å². The van der Waals surface area contributed by atoms with Crippen LogP contribution in [0.2, 0.25) is 20.1 Å². The molecule has 0 radical (unpaired) electrons. The summed E-state index contributed by atoms with van der Waals surface area (Å²) >= 11 is 23.9. The summed E-state index contributed by atoms with van der Waals surface area (Å²) in [4.78, 5) is 25.5. The lowest BCUT2D eigenvalue weighted by molar-refractivity contribution is 0.101. The number of aryl methyl sites for hydroxylation is 2. The maximum Gasteiger partial charge on any atom is 0.255 e. The highest BCUT2D eigenvalue weighted by molar-refractivity contribution is 6.35. The Morgan fingerprint density at radius 1 is 0.567 bits per heavy atom. The summed E-state index contributed by atoms with van der Waals surface area (Å²) in [6, 6.07) is 12.9. The topological polar surface area (TPSA) is 58.2 Å². The van der Waals surface area contributed by atoms with Gasteiger partial charge in [-0.25, -0.2) is 0 Å². The fraction of sp³-hybridized carbons (Fsp3) is 0.0909. The smallest absolute Gasteiger partial charge is 0.255 e. The van der Waals surface area contributed by atoms with Gasteiger partial charge in [0.25, 0.3) is 11.8 Å². The van der Waals surface area contributed by atoms with Gasteiger partial charge in [-0.3, -0.25) is 9.59 Å².